The molecular weight excluding hydrogens is 178 g/mol. The van der Waals surface area contributed by atoms with Crippen molar-refractivity contribution in [1.82, 2.24) is 0 Å². The van der Waals surface area contributed by atoms with Gasteiger partial charge in [0.15, 0.2) is 6.29 Å². The Kier molecular flexibility index (Phi) is 4.00. The van der Waals surface area contributed by atoms with Gasteiger partial charge in [0.2, 0.25) is 5.91 Å². The molecule has 3 nitrogen and oxygen atoms in total. The van der Waals surface area contributed by atoms with Gasteiger partial charge in [0.1, 0.15) is 0 Å². The average molecular weight is 186 g/mol. The van der Waals surface area contributed by atoms with Gasteiger partial charge in [-0.15, -0.1) is 12.4 Å². The highest BCUT2D eigenvalue weighted by atomic mass is 35.5. The summed E-state index contributed by atoms with van der Waals surface area (Å²) < 4.78 is 0. The molecule has 0 radical (unpaired) electrons. The van der Waals surface area contributed by atoms with Gasteiger partial charge >= 0.3 is 0 Å². The summed E-state index contributed by atoms with van der Waals surface area (Å²) in [6, 6.07) is 6.41. The summed E-state index contributed by atoms with van der Waals surface area (Å²) >= 11 is 0. The van der Waals surface area contributed by atoms with E-state index in [0.717, 1.165) is 0 Å². The number of amides is 1. The van der Waals surface area contributed by atoms with Crippen LogP contribution in [0.15, 0.2) is 24.3 Å². The van der Waals surface area contributed by atoms with E-state index in [1.807, 2.05) is 0 Å². The van der Waals surface area contributed by atoms with Crippen molar-refractivity contribution in [2.75, 3.05) is 0 Å². The molecule has 64 valence electrons. The van der Waals surface area contributed by atoms with Crippen molar-refractivity contribution in [2.24, 2.45) is 5.73 Å². The van der Waals surface area contributed by atoms with E-state index in [0.29, 0.717) is 11.8 Å². The summed E-state index contributed by atoms with van der Waals surface area (Å²) in [6.07, 6.45) is 0.611. The molecule has 0 aliphatic heterocycles. The molecule has 0 saturated heterocycles. The molecule has 0 heterocycles. The standard InChI is InChI=1S/C8H7NO2.ClH/c9-8(11)7-4-2-1-3-6(7)5-10;/h1-5H,(H2,9,11);1H. The van der Waals surface area contributed by atoms with E-state index in [-0.39, 0.29) is 18.0 Å². The van der Waals surface area contributed by atoms with Gasteiger partial charge in [-0.1, -0.05) is 18.2 Å². The molecule has 0 bridgehead atoms. The maximum Gasteiger partial charge on any atom is 0.249 e. The average Bonchev–Trinajstić information content (AvgIpc) is 2.04. The molecule has 0 spiro atoms. The fourth-order valence-corrected chi connectivity index (χ4v) is 0.824. The Morgan fingerprint density at radius 2 is 1.92 bits per heavy atom. The molecule has 12 heavy (non-hydrogen) atoms. The molecule has 4 heteroatoms. The number of nitrogens with two attached hydrogens (primary N) is 1. The fraction of sp³-hybridized carbons (Fsp3) is 0. The van der Waals surface area contributed by atoms with Crippen molar-refractivity contribution in [1.29, 1.82) is 0 Å². The maximum absolute atomic E-state index is 10.6. The van der Waals surface area contributed by atoms with E-state index in [4.69, 9.17) is 5.73 Å². The van der Waals surface area contributed by atoms with E-state index >= 15 is 0 Å². The molecule has 0 aliphatic carbocycles. The molecule has 0 unspecified atom stereocenters. The van der Waals surface area contributed by atoms with Gasteiger partial charge in [-0.25, -0.2) is 0 Å². The van der Waals surface area contributed by atoms with Crippen molar-refractivity contribution >= 4 is 24.6 Å². The highest BCUT2D eigenvalue weighted by Crippen LogP contribution is 2.03. The van der Waals surface area contributed by atoms with Crippen molar-refractivity contribution in [3.63, 3.8) is 0 Å². The van der Waals surface area contributed by atoms with Crippen LogP contribution in [0.2, 0.25) is 0 Å². The Bertz CT molecular complexity index is 299. The van der Waals surface area contributed by atoms with Crippen molar-refractivity contribution in [2.45, 2.75) is 0 Å². The molecule has 0 saturated carbocycles. The fourth-order valence-electron chi connectivity index (χ4n) is 0.824. The smallest absolute Gasteiger partial charge is 0.249 e. The van der Waals surface area contributed by atoms with Crippen LogP contribution >= 0.6 is 12.4 Å². The van der Waals surface area contributed by atoms with Gasteiger partial charge in [-0.05, 0) is 6.07 Å². The third-order valence-electron chi connectivity index (χ3n) is 1.35. The van der Waals surface area contributed by atoms with Crippen molar-refractivity contribution in [3.8, 4) is 0 Å². The first-order valence-corrected chi connectivity index (χ1v) is 3.09. The number of carbonyl (C=O) groups excluding carboxylic acids is 2. The Balaban J connectivity index is 0.00000121. The van der Waals surface area contributed by atoms with Crippen LogP contribution in [-0.4, -0.2) is 12.2 Å². The minimum Gasteiger partial charge on any atom is -0.366 e. The van der Waals surface area contributed by atoms with Crippen LogP contribution in [0.25, 0.3) is 0 Å². The number of carbonyl (C=O) groups is 2. The molecule has 2 N–H and O–H groups in total. The Hall–Kier alpha value is -1.35. The van der Waals surface area contributed by atoms with Gasteiger partial charge in [-0.3, -0.25) is 9.59 Å². The summed E-state index contributed by atoms with van der Waals surface area (Å²) in [5.41, 5.74) is 5.59. The first-order valence-electron chi connectivity index (χ1n) is 3.09. The summed E-state index contributed by atoms with van der Waals surface area (Å²) in [4.78, 5) is 21.0. The van der Waals surface area contributed by atoms with E-state index in [2.05, 4.69) is 0 Å². The lowest BCUT2D eigenvalue weighted by molar-refractivity contribution is 0.0993. The third-order valence-corrected chi connectivity index (χ3v) is 1.35. The lowest BCUT2D eigenvalue weighted by atomic mass is 10.1. The first kappa shape index (κ1) is 10.7. The lowest BCUT2D eigenvalue weighted by Gasteiger charge is -1.96. The van der Waals surface area contributed by atoms with Crippen molar-refractivity contribution < 1.29 is 9.59 Å². The minimum atomic E-state index is -0.576. The largest absolute Gasteiger partial charge is 0.366 e. The number of rotatable bonds is 2. The topological polar surface area (TPSA) is 60.2 Å². The van der Waals surface area contributed by atoms with Crippen molar-refractivity contribution in [3.05, 3.63) is 35.4 Å². The van der Waals surface area contributed by atoms with E-state index in [1.165, 1.54) is 6.07 Å². The highest BCUT2D eigenvalue weighted by molar-refractivity contribution is 6.00. The number of primary amides is 1. The molecule has 0 atom stereocenters. The zero-order valence-electron chi connectivity index (χ0n) is 6.19. The van der Waals surface area contributed by atoms with Crippen LogP contribution in [-0.2, 0) is 0 Å². The second-order valence-corrected chi connectivity index (χ2v) is 2.07. The number of hydrogen-bond acceptors (Lipinski definition) is 2. The number of halogens is 1. The zero-order valence-corrected chi connectivity index (χ0v) is 7.01. The molecule has 1 aromatic rings. The van der Waals surface area contributed by atoms with E-state index < -0.39 is 5.91 Å². The molecule has 0 aliphatic rings. The second kappa shape index (κ2) is 4.51. The van der Waals surface area contributed by atoms with E-state index in [9.17, 15) is 9.59 Å². The predicted molar refractivity (Wildman–Crippen MR) is 47.6 cm³/mol. The maximum atomic E-state index is 10.6. The Morgan fingerprint density at radius 1 is 1.33 bits per heavy atom. The predicted octanol–water partition coefficient (Wildman–Crippen LogP) is 1.02. The first-order chi connectivity index (χ1) is 5.25. The Labute approximate surface area is 76.0 Å². The monoisotopic (exact) mass is 185 g/mol. The zero-order chi connectivity index (χ0) is 8.27. The van der Waals surface area contributed by atoms with Gasteiger partial charge in [0, 0.05) is 11.1 Å². The summed E-state index contributed by atoms with van der Waals surface area (Å²) in [5, 5.41) is 0. The van der Waals surface area contributed by atoms with E-state index in [1.54, 1.807) is 18.2 Å². The van der Waals surface area contributed by atoms with Crippen LogP contribution in [0, 0.1) is 0 Å². The minimum absolute atomic E-state index is 0. The molecule has 0 aromatic heterocycles. The molecule has 1 amide bonds. The normalized spacial score (nSPS) is 8.33. The molecular formula is C8H8ClNO2. The van der Waals surface area contributed by atoms with Crippen LogP contribution in [0.3, 0.4) is 0 Å². The van der Waals surface area contributed by atoms with Gasteiger partial charge in [-0.2, -0.15) is 0 Å². The number of hydrogen-bond donors (Lipinski definition) is 1. The van der Waals surface area contributed by atoms with Crippen LogP contribution < -0.4 is 5.73 Å². The van der Waals surface area contributed by atoms with Gasteiger partial charge in [0.05, 0.1) is 0 Å². The number of benzene rings is 1. The van der Waals surface area contributed by atoms with Crippen LogP contribution in [0.5, 0.6) is 0 Å². The lowest BCUT2D eigenvalue weighted by Crippen LogP contribution is -2.13. The summed E-state index contributed by atoms with van der Waals surface area (Å²) in [6.45, 7) is 0. The van der Waals surface area contributed by atoms with Crippen LogP contribution in [0.1, 0.15) is 20.7 Å². The number of aldehydes is 1. The quantitative estimate of drug-likeness (QED) is 0.700. The molecule has 0 fully saturated rings. The summed E-state index contributed by atoms with van der Waals surface area (Å²) in [5.74, 6) is -0.576. The van der Waals surface area contributed by atoms with Crippen LogP contribution in [0.4, 0.5) is 0 Å². The van der Waals surface area contributed by atoms with Gasteiger partial charge in [0.25, 0.3) is 0 Å². The third kappa shape index (κ3) is 2.07. The van der Waals surface area contributed by atoms with Gasteiger partial charge < -0.3 is 5.73 Å². The Morgan fingerprint density at radius 3 is 2.33 bits per heavy atom. The molecule has 1 rings (SSSR count). The highest BCUT2D eigenvalue weighted by Gasteiger charge is 2.04. The molecule has 1 aromatic carbocycles. The summed E-state index contributed by atoms with van der Waals surface area (Å²) in [7, 11) is 0. The SMILES string of the molecule is Cl.NC(=O)c1ccccc1C=O. The second-order valence-electron chi connectivity index (χ2n) is 2.07.